The quantitative estimate of drug-likeness (QED) is 0.701. The summed E-state index contributed by atoms with van der Waals surface area (Å²) in [5, 5.41) is 0. The second-order valence-electron chi connectivity index (χ2n) is 4.48. The van der Waals surface area contributed by atoms with Gasteiger partial charge in [0, 0.05) is 18.9 Å². The van der Waals surface area contributed by atoms with Gasteiger partial charge in [-0.1, -0.05) is 13.3 Å². The minimum Gasteiger partial charge on any atom is -0.494 e. The highest BCUT2D eigenvalue weighted by Gasteiger charge is 2.40. The minimum atomic E-state index is -0.260. The number of hydrogen-bond donors (Lipinski definition) is 0. The van der Waals surface area contributed by atoms with Crippen LogP contribution in [0.25, 0.3) is 0 Å². The van der Waals surface area contributed by atoms with E-state index in [9.17, 15) is 4.79 Å². The van der Waals surface area contributed by atoms with Crippen LogP contribution in [-0.2, 0) is 14.3 Å². The van der Waals surface area contributed by atoms with Crippen molar-refractivity contribution in [1.29, 1.82) is 0 Å². The van der Waals surface area contributed by atoms with Gasteiger partial charge in [0.05, 0.1) is 25.4 Å². The van der Waals surface area contributed by atoms with E-state index in [1.54, 1.807) is 6.26 Å². The summed E-state index contributed by atoms with van der Waals surface area (Å²) >= 11 is 0. The molecule has 2 atom stereocenters. The van der Waals surface area contributed by atoms with Gasteiger partial charge in [-0.15, -0.1) is 0 Å². The van der Waals surface area contributed by atoms with Crippen LogP contribution in [-0.4, -0.2) is 24.1 Å². The Bertz CT molecular complexity index is 270. The summed E-state index contributed by atoms with van der Waals surface area (Å²) in [5.74, 6) is 0.179. The summed E-state index contributed by atoms with van der Waals surface area (Å²) in [6.45, 7) is 2.86. The maximum atomic E-state index is 11.4. The lowest BCUT2D eigenvalue weighted by Crippen LogP contribution is -2.44. The van der Waals surface area contributed by atoms with E-state index in [2.05, 4.69) is 6.92 Å². The minimum absolute atomic E-state index is 0.179. The highest BCUT2D eigenvalue weighted by molar-refractivity contribution is 5.90. The number of allylic oxidation sites excluding steroid dienone is 1. The van der Waals surface area contributed by atoms with Gasteiger partial charge in [-0.2, -0.15) is 0 Å². The summed E-state index contributed by atoms with van der Waals surface area (Å²) in [5.41, 5.74) is -0.260. The first-order chi connectivity index (χ1) is 7.24. The van der Waals surface area contributed by atoms with Gasteiger partial charge in [0.25, 0.3) is 0 Å². The largest absolute Gasteiger partial charge is 0.494 e. The second kappa shape index (κ2) is 4.35. The molecule has 2 rings (SSSR count). The lowest BCUT2D eigenvalue weighted by molar-refractivity contribution is -0.139. The molecule has 0 amide bonds. The molecule has 0 aromatic heterocycles. The van der Waals surface area contributed by atoms with Crippen LogP contribution in [0.2, 0.25) is 0 Å². The Hall–Kier alpha value is -0.830. The summed E-state index contributed by atoms with van der Waals surface area (Å²) in [6.07, 6.45) is 7.74. The van der Waals surface area contributed by atoms with Gasteiger partial charge in [0.15, 0.2) is 5.78 Å². The molecule has 0 radical (unpaired) electrons. The Morgan fingerprint density at radius 2 is 2.47 bits per heavy atom. The number of ether oxygens (including phenoxy) is 2. The first kappa shape index (κ1) is 10.7. The molecule has 1 saturated heterocycles. The van der Waals surface area contributed by atoms with Crippen molar-refractivity contribution in [3.05, 3.63) is 12.3 Å². The van der Waals surface area contributed by atoms with Gasteiger partial charge in [0.2, 0.25) is 0 Å². The van der Waals surface area contributed by atoms with E-state index in [1.807, 2.05) is 0 Å². The molecule has 3 nitrogen and oxygen atoms in total. The van der Waals surface area contributed by atoms with E-state index >= 15 is 0 Å². The smallest absolute Gasteiger partial charge is 0.162 e. The van der Waals surface area contributed by atoms with Gasteiger partial charge < -0.3 is 9.47 Å². The van der Waals surface area contributed by atoms with Gasteiger partial charge in [-0.05, 0) is 6.42 Å². The van der Waals surface area contributed by atoms with Gasteiger partial charge in [-0.25, -0.2) is 0 Å². The van der Waals surface area contributed by atoms with E-state index in [1.165, 1.54) is 6.08 Å². The van der Waals surface area contributed by atoms with Crippen LogP contribution < -0.4 is 0 Å². The third-order valence-corrected chi connectivity index (χ3v) is 3.19. The van der Waals surface area contributed by atoms with Crippen LogP contribution in [0.15, 0.2) is 12.3 Å². The number of carbonyl (C=O) groups is 1. The molecule has 0 N–H and O–H groups in total. The van der Waals surface area contributed by atoms with Crippen LogP contribution in [0.3, 0.4) is 0 Å². The molecular formula is C12H18O3. The van der Waals surface area contributed by atoms with Crippen LogP contribution >= 0.6 is 0 Å². The second-order valence-corrected chi connectivity index (χ2v) is 4.48. The standard InChI is InChI=1S/C12H18O3/c1-2-3-11-9-12(5-7-14-11)8-10(13)4-6-15-12/h4,6,11H,2-3,5,7-9H2,1H3. The summed E-state index contributed by atoms with van der Waals surface area (Å²) in [4.78, 5) is 11.4. The zero-order chi connectivity index (χ0) is 10.7. The zero-order valence-corrected chi connectivity index (χ0v) is 9.20. The maximum absolute atomic E-state index is 11.4. The molecule has 3 heteroatoms. The lowest BCUT2D eigenvalue weighted by atomic mass is 9.83. The first-order valence-electron chi connectivity index (χ1n) is 5.73. The van der Waals surface area contributed by atoms with Crippen molar-refractivity contribution < 1.29 is 14.3 Å². The van der Waals surface area contributed by atoms with E-state index < -0.39 is 0 Å². The molecule has 0 bridgehead atoms. The van der Waals surface area contributed by atoms with Crippen molar-refractivity contribution in [3.63, 3.8) is 0 Å². The van der Waals surface area contributed by atoms with Crippen LogP contribution in [0.5, 0.6) is 0 Å². The molecule has 0 aliphatic carbocycles. The summed E-state index contributed by atoms with van der Waals surface area (Å²) in [7, 11) is 0. The van der Waals surface area contributed by atoms with Crippen molar-refractivity contribution in [3.8, 4) is 0 Å². The Labute approximate surface area is 90.4 Å². The Kier molecular flexibility index (Phi) is 3.10. The van der Waals surface area contributed by atoms with Crippen LogP contribution in [0.1, 0.15) is 39.0 Å². The third-order valence-electron chi connectivity index (χ3n) is 3.19. The number of rotatable bonds is 2. The third kappa shape index (κ3) is 2.40. The van der Waals surface area contributed by atoms with Crippen molar-refractivity contribution in [1.82, 2.24) is 0 Å². The molecule has 1 spiro atoms. The van der Waals surface area contributed by atoms with E-state index in [0.29, 0.717) is 13.0 Å². The fraction of sp³-hybridized carbons (Fsp3) is 0.750. The molecule has 15 heavy (non-hydrogen) atoms. The van der Waals surface area contributed by atoms with Gasteiger partial charge in [-0.3, -0.25) is 4.79 Å². The SMILES string of the molecule is CCCC1CC2(CCO1)CC(=O)C=CO2. The molecular weight excluding hydrogens is 192 g/mol. The Balaban J connectivity index is 2.02. The monoisotopic (exact) mass is 210 g/mol. The molecule has 0 aromatic carbocycles. The Morgan fingerprint density at radius 3 is 3.20 bits per heavy atom. The summed E-state index contributed by atoms with van der Waals surface area (Å²) in [6, 6.07) is 0. The predicted octanol–water partition coefficient (Wildman–Crippen LogP) is 2.21. The molecule has 2 aliphatic rings. The lowest BCUT2D eigenvalue weighted by Gasteiger charge is -2.41. The van der Waals surface area contributed by atoms with Crippen LogP contribution in [0.4, 0.5) is 0 Å². The highest BCUT2D eigenvalue weighted by Crippen LogP contribution is 2.35. The van der Waals surface area contributed by atoms with Crippen molar-refractivity contribution in [2.75, 3.05) is 6.61 Å². The molecule has 0 aromatic rings. The molecule has 2 unspecified atom stereocenters. The van der Waals surface area contributed by atoms with Crippen molar-refractivity contribution >= 4 is 5.78 Å². The predicted molar refractivity (Wildman–Crippen MR) is 56.5 cm³/mol. The normalized spacial score (nSPS) is 35.5. The Morgan fingerprint density at radius 1 is 1.60 bits per heavy atom. The number of carbonyl (C=O) groups excluding carboxylic acids is 1. The number of ketones is 1. The first-order valence-corrected chi connectivity index (χ1v) is 5.73. The van der Waals surface area contributed by atoms with Crippen molar-refractivity contribution in [2.45, 2.75) is 50.7 Å². The topological polar surface area (TPSA) is 35.5 Å². The fourth-order valence-corrected chi connectivity index (χ4v) is 2.43. The van der Waals surface area contributed by atoms with Gasteiger partial charge in [0.1, 0.15) is 5.60 Å². The van der Waals surface area contributed by atoms with E-state index in [0.717, 1.165) is 25.7 Å². The zero-order valence-electron chi connectivity index (χ0n) is 9.20. The average Bonchev–Trinajstić information content (AvgIpc) is 2.17. The summed E-state index contributed by atoms with van der Waals surface area (Å²) < 4.78 is 11.3. The van der Waals surface area contributed by atoms with Crippen LogP contribution in [0, 0.1) is 0 Å². The molecule has 2 heterocycles. The van der Waals surface area contributed by atoms with E-state index in [-0.39, 0.29) is 17.5 Å². The van der Waals surface area contributed by atoms with E-state index in [4.69, 9.17) is 9.47 Å². The number of hydrogen-bond acceptors (Lipinski definition) is 3. The average molecular weight is 210 g/mol. The van der Waals surface area contributed by atoms with Crippen molar-refractivity contribution in [2.24, 2.45) is 0 Å². The molecule has 0 saturated carbocycles. The fourth-order valence-electron chi connectivity index (χ4n) is 2.43. The highest BCUT2D eigenvalue weighted by atomic mass is 16.5. The molecule has 84 valence electrons. The molecule has 2 aliphatic heterocycles. The maximum Gasteiger partial charge on any atom is 0.162 e. The van der Waals surface area contributed by atoms with Gasteiger partial charge >= 0.3 is 0 Å². The molecule has 1 fully saturated rings.